The van der Waals surface area contributed by atoms with Crippen molar-refractivity contribution >= 4 is 17.5 Å². The standard InChI is InChI=1S/C17H18O2S/c1-12-9-14(19-3)10-13(2)17(12)16(18)11-20-15-7-5-4-6-8-15/h4-10H,11H2,1-3H3. The van der Waals surface area contributed by atoms with Crippen molar-refractivity contribution in [1.29, 1.82) is 0 Å². The molecule has 0 unspecified atom stereocenters. The van der Waals surface area contributed by atoms with Crippen LogP contribution in [0.25, 0.3) is 0 Å². The van der Waals surface area contributed by atoms with Crippen molar-refractivity contribution in [3.05, 3.63) is 59.2 Å². The van der Waals surface area contributed by atoms with Crippen LogP contribution >= 0.6 is 11.8 Å². The van der Waals surface area contributed by atoms with Crippen LogP contribution in [0, 0.1) is 13.8 Å². The molecule has 2 rings (SSSR count). The van der Waals surface area contributed by atoms with E-state index in [4.69, 9.17) is 4.74 Å². The van der Waals surface area contributed by atoms with E-state index in [0.717, 1.165) is 27.3 Å². The van der Waals surface area contributed by atoms with Crippen LogP contribution in [-0.2, 0) is 0 Å². The summed E-state index contributed by atoms with van der Waals surface area (Å²) in [5.74, 6) is 1.42. The lowest BCUT2D eigenvalue weighted by Gasteiger charge is -2.11. The fraction of sp³-hybridized carbons (Fsp3) is 0.235. The maximum Gasteiger partial charge on any atom is 0.173 e. The maximum absolute atomic E-state index is 12.4. The highest BCUT2D eigenvalue weighted by molar-refractivity contribution is 8.00. The van der Waals surface area contributed by atoms with E-state index in [2.05, 4.69) is 0 Å². The largest absolute Gasteiger partial charge is 0.497 e. The second-order valence-electron chi connectivity index (χ2n) is 4.66. The van der Waals surface area contributed by atoms with E-state index in [9.17, 15) is 4.79 Å². The van der Waals surface area contributed by atoms with Gasteiger partial charge in [0.1, 0.15) is 5.75 Å². The van der Waals surface area contributed by atoms with Gasteiger partial charge < -0.3 is 4.74 Å². The van der Waals surface area contributed by atoms with Gasteiger partial charge in [0.05, 0.1) is 12.9 Å². The zero-order valence-corrected chi connectivity index (χ0v) is 12.8. The van der Waals surface area contributed by atoms with Crippen molar-refractivity contribution in [3.8, 4) is 5.75 Å². The number of hydrogen-bond acceptors (Lipinski definition) is 3. The molecule has 0 fully saturated rings. The molecule has 0 aliphatic carbocycles. The first-order valence-corrected chi connectivity index (χ1v) is 7.46. The molecule has 2 aromatic rings. The highest BCUT2D eigenvalue weighted by Crippen LogP contribution is 2.25. The zero-order chi connectivity index (χ0) is 14.5. The molecule has 0 radical (unpaired) electrons. The molecule has 20 heavy (non-hydrogen) atoms. The maximum atomic E-state index is 12.4. The van der Waals surface area contributed by atoms with Crippen LogP contribution in [0.15, 0.2) is 47.4 Å². The summed E-state index contributed by atoms with van der Waals surface area (Å²) in [6.45, 7) is 3.91. The van der Waals surface area contributed by atoms with E-state index in [1.54, 1.807) is 18.9 Å². The van der Waals surface area contributed by atoms with Crippen molar-refractivity contribution < 1.29 is 9.53 Å². The summed E-state index contributed by atoms with van der Waals surface area (Å²) in [4.78, 5) is 13.5. The summed E-state index contributed by atoms with van der Waals surface area (Å²) in [6.07, 6.45) is 0. The van der Waals surface area contributed by atoms with Crippen LogP contribution in [-0.4, -0.2) is 18.6 Å². The van der Waals surface area contributed by atoms with E-state index < -0.39 is 0 Å². The average molecular weight is 286 g/mol. The number of ketones is 1. The molecule has 2 nitrogen and oxygen atoms in total. The minimum absolute atomic E-state index is 0.163. The van der Waals surface area contributed by atoms with E-state index in [0.29, 0.717) is 5.75 Å². The predicted molar refractivity (Wildman–Crippen MR) is 84.0 cm³/mol. The first-order valence-electron chi connectivity index (χ1n) is 6.48. The summed E-state index contributed by atoms with van der Waals surface area (Å²) < 4.78 is 5.22. The zero-order valence-electron chi connectivity index (χ0n) is 12.0. The summed E-state index contributed by atoms with van der Waals surface area (Å²) in [7, 11) is 1.64. The van der Waals surface area contributed by atoms with Gasteiger partial charge in [-0.05, 0) is 49.2 Å². The smallest absolute Gasteiger partial charge is 0.173 e. The van der Waals surface area contributed by atoms with Crippen molar-refractivity contribution in [1.82, 2.24) is 0 Å². The number of methoxy groups -OCH3 is 1. The third kappa shape index (κ3) is 3.42. The molecular formula is C17H18O2S. The highest BCUT2D eigenvalue weighted by atomic mass is 32.2. The van der Waals surface area contributed by atoms with Crippen LogP contribution in [0.2, 0.25) is 0 Å². The molecule has 0 saturated heterocycles. The number of carbonyl (C=O) groups is 1. The Kier molecular flexibility index (Phi) is 4.85. The van der Waals surface area contributed by atoms with Gasteiger partial charge in [0.2, 0.25) is 0 Å². The number of benzene rings is 2. The van der Waals surface area contributed by atoms with Gasteiger partial charge in [-0.2, -0.15) is 0 Å². The molecule has 0 saturated carbocycles. The third-order valence-electron chi connectivity index (χ3n) is 3.13. The number of rotatable bonds is 5. The van der Waals surface area contributed by atoms with Crippen molar-refractivity contribution in [2.24, 2.45) is 0 Å². The number of carbonyl (C=O) groups excluding carboxylic acids is 1. The van der Waals surface area contributed by atoms with Gasteiger partial charge in [0.15, 0.2) is 5.78 Å². The van der Waals surface area contributed by atoms with Crippen LogP contribution in [0.5, 0.6) is 5.75 Å². The van der Waals surface area contributed by atoms with Crippen molar-refractivity contribution in [3.63, 3.8) is 0 Å². The Morgan fingerprint density at radius 1 is 1.10 bits per heavy atom. The number of hydrogen-bond donors (Lipinski definition) is 0. The molecule has 0 bridgehead atoms. The second-order valence-corrected chi connectivity index (χ2v) is 5.71. The fourth-order valence-electron chi connectivity index (χ4n) is 2.22. The van der Waals surface area contributed by atoms with Crippen LogP contribution in [0.3, 0.4) is 0 Å². The van der Waals surface area contributed by atoms with Gasteiger partial charge in [0, 0.05) is 10.5 Å². The van der Waals surface area contributed by atoms with E-state index in [1.165, 1.54) is 0 Å². The Morgan fingerprint density at radius 3 is 2.25 bits per heavy atom. The minimum atomic E-state index is 0.163. The van der Waals surface area contributed by atoms with Gasteiger partial charge in [0.25, 0.3) is 0 Å². The van der Waals surface area contributed by atoms with Crippen LogP contribution in [0.1, 0.15) is 21.5 Å². The predicted octanol–water partition coefficient (Wildman–Crippen LogP) is 4.29. The molecule has 104 valence electrons. The van der Waals surface area contributed by atoms with Crippen LogP contribution in [0.4, 0.5) is 0 Å². The number of aryl methyl sites for hydroxylation is 2. The van der Waals surface area contributed by atoms with E-state index in [1.807, 2.05) is 56.3 Å². The van der Waals surface area contributed by atoms with Gasteiger partial charge in [-0.3, -0.25) is 4.79 Å². The summed E-state index contributed by atoms with van der Waals surface area (Å²) in [6, 6.07) is 13.8. The highest BCUT2D eigenvalue weighted by Gasteiger charge is 2.14. The first-order chi connectivity index (χ1) is 9.61. The molecule has 3 heteroatoms. The summed E-state index contributed by atoms with van der Waals surface area (Å²) in [5, 5.41) is 0. The fourth-order valence-corrected chi connectivity index (χ4v) is 3.01. The molecule has 0 spiro atoms. The molecule has 0 atom stereocenters. The topological polar surface area (TPSA) is 26.3 Å². The van der Waals surface area contributed by atoms with Crippen molar-refractivity contribution in [2.45, 2.75) is 18.7 Å². The first kappa shape index (κ1) is 14.7. The Morgan fingerprint density at radius 2 is 1.70 bits per heavy atom. The van der Waals surface area contributed by atoms with Crippen molar-refractivity contribution in [2.75, 3.05) is 12.9 Å². The monoisotopic (exact) mass is 286 g/mol. The lowest BCUT2D eigenvalue weighted by Crippen LogP contribution is -2.07. The van der Waals surface area contributed by atoms with E-state index >= 15 is 0 Å². The molecule has 0 aliphatic heterocycles. The molecule has 0 amide bonds. The summed E-state index contributed by atoms with van der Waals surface area (Å²) >= 11 is 1.57. The summed E-state index contributed by atoms with van der Waals surface area (Å²) in [5.41, 5.74) is 2.76. The SMILES string of the molecule is COc1cc(C)c(C(=O)CSc2ccccc2)c(C)c1. The van der Waals surface area contributed by atoms with E-state index in [-0.39, 0.29) is 5.78 Å². The molecule has 0 aliphatic rings. The number of Topliss-reactive ketones (excluding diaryl/α,β-unsaturated/α-hetero) is 1. The third-order valence-corrected chi connectivity index (χ3v) is 4.15. The quantitative estimate of drug-likeness (QED) is 0.606. The number of thioether (sulfide) groups is 1. The van der Waals surface area contributed by atoms with Gasteiger partial charge in [-0.15, -0.1) is 11.8 Å². The van der Waals surface area contributed by atoms with Gasteiger partial charge in [-0.1, -0.05) is 18.2 Å². The lowest BCUT2D eigenvalue weighted by molar-refractivity contribution is 0.102. The lowest BCUT2D eigenvalue weighted by atomic mass is 9.99. The normalized spacial score (nSPS) is 10.3. The van der Waals surface area contributed by atoms with Crippen LogP contribution < -0.4 is 4.74 Å². The average Bonchev–Trinajstić information content (AvgIpc) is 2.45. The minimum Gasteiger partial charge on any atom is -0.497 e. The van der Waals surface area contributed by atoms with Gasteiger partial charge in [-0.25, -0.2) is 0 Å². The molecular weight excluding hydrogens is 268 g/mol. The Labute approximate surface area is 124 Å². The second kappa shape index (κ2) is 6.62. The Bertz CT molecular complexity index is 583. The Balaban J connectivity index is 2.13. The Hall–Kier alpha value is -1.74. The molecule has 0 aromatic heterocycles. The van der Waals surface area contributed by atoms with Gasteiger partial charge >= 0.3 is 0 Å². The number of ether oxygens (including phenoxy) is 1. The molecule has 0 N–H and O–H groups in total. The molecule has 0 heterocycles. The molecule has 2 aromatic carbocycles.